The van der Waals surface area contributed by atoms with Crippen LogP contribution in [0.4, 0.5) is 5.82 Å². The third-order valence-electron chi connectivity index (χ3n) is 3.29. The lowest BCUT2D eigenvalue weighted by atomic mass is 10.1. The Balaban J connectivity index is 1.64. The molecule has 0 aliphatic carbocycles. The van der Waals surface area contributed by atoms with E-state index in [9.17, 15) is 4.79 Å². The molecule has 0 spiro atoms. The zero-order valence-corrected chi connectivity index (χ0v) is 13.9. The zero-order valence-electron chi connectivity index (χ0n) is 13.9. The summed E-state index contributed by atoms with van der Waals surface area (Å²) < 4.78 is 10.6. The second kappa shape index (κ2) is 6.35. The fourth-order valence-electron chi connectivity index (χ4n) is 2.26. The van der Waals surface area contributed by atoms with Crippen molar-refractivity contribution in [1.82, 2.24) is 15.3 Å². The molecule has 1 aromatic carbocycles. The van der Waals surface area contributed by atoms with Crippen LogP contribution in [0.5, 0.6) is 11.5 Å². The van der Waals surface area contributed by atoms with Gasteiger partial charge in [-0.25, -0.2) is 9.97 Å². The van der Waals surface area contributed by atoms with Crippen LogP contribution in [0.1, 0.15) is 36.8 Å². The first-order chi connectivity index (χ1) is 11.4. The smallest absolute Gasteiger partial charge is 0.270 e. The van der Waals surface area contributed by atoms with Crippen molar-refractivity contribution in [2.24, 2.45) is 0 Å². The topological polar surface area (TPSA) is 85.4 Å². The van der Waals surface area contributed by atoms with Gasteiger partial charge in [0.2, 0.25) is 6.79 Å². The summed E-state index contributed by atoms with van der Waals surface area (Å²) in [5.41, 5.74) is 1.10. The van der Waals surface area contributed by atoms with Crippen LogP contribution in [-0.2, 0) is 6.54 Å². The second-order valence-corrected chi connectivity index (χ2v) is 6.53. The van der Waals surface area contributed by atoms with Crippen molar-refractivity contribution in [3.63, 3.8) is 0 Å². The Hall–Kier alpha value is -2.83. The lowest BCUT2D eigenvalue weighted by Crippen LogP contribution is -2.28. The molecule has 0 radical (unpaired) electrons. The number of hydrogen-bond donors (Lipinski definition) is 2. The van der Waals surface area contributed by atoms with E-state index in [1.807, 2.05) is 39.0 Å². The van der Waals surface area contributed by atoms with Crippen LogP contribution in [0, 0.1) is 0 Å². The summed E-state index contributed by atoms with van der Waals surface area (Å²) in [4.78, 5) is 20.4. The Labute approximate surface area is 140 Å². The molecule has 0 saturated carbocycles. The second-order valence-electron chi connectivity index (χ2n) is 6.53. The van der Waals surface area contributed by atoms with Gasteiger partial charge in [-0.3, -0.25) is 4.79 Å². The van der Waals surface area contributed by atoms with Gasteiger partial charge in [0.15, 0.2) is 11.5 Å². The molecule has 2 N–H and O–H groups in total. The number of amides is 1. The van der Waals surface area contributed by atoms with Gasteiger partial charge in [0.25, 0.3) is 5.91 Å². The van der Waals surface area contributed by atoms with E-state index in [-0.39, 0.29) is 18.2 Å². The van der Waals surface area contributed by atoms with Crippen molar-refractivity contribution in [1.29, 1.82) is 0 Å². The summed E-state index contributed by atoms with van der Waals surface area (Å²) in [5.74, 6) is 1.77. The van der Waals surface area contributed by atoms with E-state index >= 15 is 0 Å². The molecular formula is C17H20N4O3. The number of aromatic nitrogens is 2. The van der Waals surface area contributed by atoms with Crippen molar-refractivity contribution in [2.75, 3.05) is 12.1 Å². The van der Waals surface area contributed by atoms with Gasteiger partial charge in [-0.1, -0.05) is 6.07 Å². The standard InChI is InChI=1S/C17H20N4O3/c1-17(2,3)21-15-7-12(19-9-20-15)16(22)18-8-11-4-5-13-14(6-11)24-10-23-13/h4-7,9H,8,10H2,1-3H3,(H,18,22)(H,19,20,21). The highest BCUT2D eigenvalue weighted by Crippen LogP contribution is 2.32. The minimum absolute atomic E-state index is 0.144. The summed E-state index contributed by atoms with van der Waals surface area (Å²) in [6, 6.07) is 7.22. The normalized spacial score (nSPS) is 12.8. The number of anilines is 1. The van der Waals surface area contributed by atoms with E-state index in [1.54, 1.807) is 6.07 Å². The van der Waals surface area contributed by atoms with Crippen molar-refractivity contribution < 1.29 is 14.3 Å². The van der Waals surface area contributed by atoms with Gasteiger partial charge in [0.05, 0.1) is 0 Å². The molecule has 0 saturated heterocycles. The number of hydrogen-bond acceptors (Lipinski definition) is 6. The van der Waals surface area contributed by atoms with E-state index in [0.717, 1.165) is 11.3 Å². The number of carbonyl (C=O) groups excluding carboxylic acids is 1. The number of ether oxygens (including phenoxy) is 2. The highest BCUT2D eigenvalue weighted by atomic mass is 16.7. The van der Waals surface area contributed by atoms with Gasteiger partial charge in [0, 0.05) is 18.2 Å². The van der Waals surface area contributed by atoms with Crippen LogP contribution in [0.15, 0.2) is 30.6 Å². The third kappa shape index (κ3) is 3.92. The van der Waals surface area contributed by atoms with Crippen LogP contribution >= 0.6 is 0 Å². The molecular weight excluding hydrogens is 308 g/mol. The predicted molar refractivity (Wildman–Crippen MR) is 89.1 cm³/mol. The zero-order chi connectivity index (χ0) is 17.2. The Kier molecular flexibility index (Phi) is 4.24. The third-order valence-corrected chi connectivity index (χ3v) is 3.29. The monoisotopic (exact) mass is 328 g/mol. The molecule has 126 valence electrons. The van der Waals surface area contributed by atoms with Gasteiger partial charge in [-0.05, 0) is 38.5 Å². The molecule has 3 rings (SSSR count). The average Bonchev–Trinajstić information content (AvgIpc) is 2.98. The van der Waals surface area contributed by atoms with E-state index < -0.39 is 0 Å². The molecule has 1 aromatic heterocycles. The van der Waals surface area contributed by atoms with Gasteiger partial charge >= 0.3 is 0 Å². The summed E-state index contributed by atoms with van der Waals surface area (Å²) >= 11 is 0. The summed E-state index contributed by atoms with van der Waals surface area (Å²) in [5, 5.41) is 6.06. The Morgan fingerprint density at radius 1 is 1.17 bits per heavy atom. The fourth-order valence-corrected chi connectivity index (χ4v) is 2.26. The molecule has 7 heteroatoms. The molecule has 1 amide bonds. The van der Waals surface area contributed by atoms with Crippen molar-refractivity contribution in [3.8, 4) is 11.5 Å². The SMILES string of the molecule is CC(C)(C)Nc1cc(C(=O)NCc2ccc3c(c2)OCO3)ncn1. The van der Waals surface area contributed by atoms with Crippen LogP contribution in [0.2, 0.25) is 0 Å². The van der Waals surface area contributed by atoms with E-state index in [0.29, 0.717) is 23.8 Å². The molecule has 2 aromatic rings. The van der Waals surface area contributed by atoms with Crippen LogP contribution in [0.3, 0.4) is 0 Å². The van der Waals surface area contributed by atoms with Crippen LogP contribution in [0.25, 0.3) is 0 Å². The van der Waals surface area contributed by atoms with Gasteiger partial charge in [-0.2, -0.15) is 0 Å². The highest BCUT2D eigenvalue weighted by Gasteiger charge is 2.15. The minimum Gasteiger partial charge on any atom is -0.454 e. The summed E-state index contributed by atoms with van der Waals surface area (Å²) in [7, 11) is 0. The molecule has 24 heavy (non-hydrogen) atoms. The number of rotatable bonds is 4. The minimum atomic E-state index is -0.257. The molecule has 1 aliphatic rings. The molecule has 2 heterocycles. The molecule has 1 aliphatic heterocycles. The lowest BCUT2D eigenvalue weighted by molar-refractivity contribution is 0.0945. The lowest BCUT2D eigenvalue weighted by Gasteiger charge is -2.21. The van der Waals surface area contributed by atoms with Gasteiger partial charge in [-0.15, -0.1) is 0 Å². The summed E-state index contributed by atoms with van der Waals surface area (Å²) in [6.45, 7) is 6.68. The molecule has 0 fully saturated rings. The maximum absolute atomic E-state index is 12.3. The first kappa shape index (κ1) is 16.0. The largest absolute Gasteiger partial charge is 0.454 e. The maximum Gasteiger partial charge on any atom is 0.270 e. The first-order valence-corrected chi connectivity index (χ1v) is 7.68. The summed E-state index contributed by atoms with van der Waals surface area (Å²) in [6.07, 6.45) is 1.38. The molecule has 7 nitrogen and oxygen atoms in total. The molecule has 0 atom stereocenters. The fraction of sp³-hybridized carbons (Fsp3) is 0.353. The highest BCUT2D eigenvalue weighted by molar-refractivity contribution is 5.92. The van der Waals surface area contributed by atoms with Crippen molar-refractivity contribution >= 4 is 11.7 Å². The molecule has 0 bridgehead atoms. The van der Waals surface area contributed by atoms with Gasteiger partial charge in [0.1, 0.15) is 17.8 Å². The van der Waals surface area contributed by atoms with E-state index in [4.69, 9.17) is 9.47 Å². The van der Waals surface area contributed by atoms with Gasteiger partial charge < -0.3 is 20.1 Å². The predicted octanol–water partition coefficient (Wildman–Crippen LogP) is 2.35. The maximum atomic E-state index is 12.3. The van der Waals surface area contributed by atoms with E-state index in [1.165, 1.54) is 6.33 Å². The number of nitrogens with one attached hydrogen (secondary N) is 2. The van der Waals surface area contributed by atoms with Crippen LogP contribution < -0.4 is 20.1 Å². The average molecular weight is 328 g/mol. The van der Waals surface area contributed by atoms with Crippen molar-refractivity contribution in [3.05, 3.63) is 41.9 Å². The van der Waals surface area contributed by atoms with E-state index in [2.05, 4.69) is 20.6 Å². The molecule has 0 unspecified atom stereocenters. The quantitative estimate of drug-likeness (QED) is 0.896. The Morgan fingerprint density at radius 2 is 1.96 bits per heavy atom. The number of nitrogens with zero attached hydrogens (tertiary/aromatic N) is 2. The number of carbonyl (C=O) groups is 1. The Bertz CT molecular complexity index is 756. The first-order valence-electron chi connectivity index (χ1n) is 7.68. The van der Waals surface area contributed by atoms with Crippen LogP contribution in [-0.4, -0.2) is 28.2 Å². The van der Waals surface area contributed by atoms with Crippen molar-refractivity contribution in [2.45, 2.75) is 32.9 Å². The number of fused-ring (bicyclic) bond motifs is 1. The Morgan fingerprint density at radius 3 is 2.75 bits per heavy atom. The number of benzene rings is 1.